The Hall–Kier alpha value is -11.1. The quantitative estimate of drug-likeness (QED) is 0.0181. The summed E-state index contributed by atoms with van der Waals surface area (Å²) in [6.07, 6.45) is 2.01. The molecule has 0 saturated carbocycles. The zero-order valence-corrected chi connectivity index (χ0v) is 63.5. The van der Waals surface area contributed by atoms with Crippen LogP contribution in [0.5, 0.6) is 5.75 Å². The van der Waals surface area contributed by atoms with Crippen LogP contribution in [0.3, 0.4) is 0 Å². The molecule has 14 amide bonds. The fraction of sp³-hybridized carbons (Fsp3) is 0.520. The maximum atomic E-state index is 15.0. The summed E-state index contributed by atoms with van der Waals surface area (Å²) in [5.74, 6) is -13.2. The van der Waals surface area contributed by atoms with Crippen molar-refractivity contribution in [3.63, 3.8) is 0 Å². The zero-order chi connectivity index (χ0) is 82.0. The number of aromatic hydroxyl groups is 1. The molecule has 5 rings (SSSR count). The number of primary amides is 2. The van der Waals surface area contributed by atoms with E-state index in [9.17, 15) is 82.4 Å². The number of phenols is 1. The van der Waals surface area contributed by atoms with Gasteiger partial charge in [-0.3, -0.25) is 67.1 Å². The van der Waals surface area contributed by atoms with Gasteiger partial charge in [-0.2, -0.15) is 0 Å². The highest BCUT2D eigenvalue weighted by molar-refractivity contribution is 6.01. The van der Waals surface area contributed by atoms with Gasteiger partial charge in [0, 0.05) is 59.9 Å². The number of amides is 14. The van der Waals surface area contributed by atoms with E-state index in [1.165, 1.54) is 38.1 Å². The Morgan fingerprint density at radius 3 is 1.33 bits per heavy atom. The van der Waals surface area contributed by atoms with Crippen LogP contribution in [-0.4, -0.2) is 213 Å². The summed E-state index contributed by atoms with van der Waals surface area (Å²) < 4.78 is 0. The highest BCUT2D eigenvalue weighted by atomic mass is 16.3. The number of hydrogen-bond acceptors (Lipinski definition) is 20. The molecule has 27 N–H and O–H groups in total. The first kappa shape index (κ1) is 90.5. The van der Waals surface area contributed by atoms with Crippen LogP contribution >= 0.6 is 0 Å². The molecular weight excluding hydrogens is 1440 g/mol. The third-order valence-electron chi connectivity index (χ3n) is 19.0. The Balaban J connectivity index is 1.36. The van der Waals surface area contributed by atoms with Crippen LogP contribution in [0.15, 0.2) is 85.2 Å². The van der Waals surface area contributed by atoms with Gasteiger partial charge in [-0.25, -0.2) is 0 Å². The van der Waals surface area contributed by atoms with Crippen molar-refractivity contribution >= 4 is 105 Å². The van der Waals surface area contributed by atoms with Gasteiger partial charge in [-0.1, -0.05) is 89.1 Å². The van der Waals surface area contributed by atoms with E-state index in [-0.39, 0.29) is 95.5 Å². The number of benzene rings is 3. The molecule has 3 aromatic carbocycles. The number of nitrogens with one attached hydrogen (secondary N) is 14. The molecule has 0 aliphatic rings. The number of para-hydroxylation sites is 2. The number of nitrogens with two attached hydrogens (primary N) is 5. The Kier molecular flexibility index (Phi) is 37.3. The highest BCUT2D eigenvalue weighted by Gasteiger charge is 2.38. The third-order valence-corrected chi connectivity index (χ3v) is 19.0. The average Bonchev–Trinajstić information content (AvgIpc) is 1.75. The summed E-state index contributed by atoms with van der Waals surface area (Å²) in [6, 6.07) is 3.54. The minimum Gasteiger partial charge on any atom is -0.508 e. The molecule has 2 aromatic heterocycles. The first-order chi connectivity index (χ1) is 52.8. The van der Waals surface area contributed by atoms with Gasteiger partial charge in [0.15, 0.2) is 0 Å². The van der Waals surface area contributed by atoms with E-state index < -0.39 is 181 Å². The standard InChI is InChI=1S/C75H111N19O17/c1-7-40(3)23-28-61(99)86-58(35-60(79)98)72(108)89-55(32-44-24-26-47(97)27-25-44)70(106)91-56(33-45-36-81-50-18-11-9-16-48(45)50)71(107)88-54(22-15-31-78)69(105)87-52(20-13-29-76)67(103)83-38-62(100)85-53(21-14-30-77)68(104)90-57(34-46-37-82-51-19-12-10-17-49(46)51)73(109)94-64(43(6)96)75(111)93-63(41(4)8-2)74(110)84-42(5)66(102)92-59(39-95)65(80)101/h9-12,16-19,24-27,36-37,40-43,52-59,63-64,81-82,95-97H,7-8,13-15,20-23,28-35,38-39,76-78H2,1-6H3,(H2,79,98)(H2,80,101)(H,83,103)(H,84,110)(H,85,100)(H,86,99)(H,87,105)(H,88,107)(H,89,108)(H,90,104)(H,91,106)(H,92,102)(H,93,111)(H,94,109)/t40?,41-,42-,43+,52-,53+,54+,55+,56+,57-,58+,59-,63-,64-/m0/s1. The number of fused-ring (bicyclic) bond motifs is 2. The lowest BCUT2D eigenvalue weighted by Crippen LogP contribution is -2.62. The number of H-pyrrole nitrogens is 2. The molecule has 0 radical (unpaired) electrons. The van der Waals surface area contributed by atoms with Gasteiger partial charge >= 0.3 is 0 Å². The van der Waals surface area contributed by atoms with Crippen molar-refractivity contribution in [3.8, 4) is 5.75 Å². The number of aromatic amines is 2. The van der Waals surface area contributed by atoms with Gasteiger partial charge in [0.25, 0.3) is 0 Å². The second-order valence-electron chi connectivity index (χ2n) is 27.8. The van der Waals surface area contributed by atoms with E-state index in [1.54, 1.807) is 74.8 Å². The van der Waals surface area contributed by atoms with E-state index in [0.29, 0.717) is 51.3 Å². The lowest BCUT2D eigenvalue weighted by atomic mass is 9.97. The van der Waals surface area contributed by atoms with E-state index in [2.05, 4.69) is 73.8 Å². The van der Waals surface area contributed by atoms with Gasteiger partial charge in [-0.05, 0) is 131 Å². The van der Waals surface area contributed by atoms with Crippen molar-refractivity contribution in [1.29, 1.82) is 0 Å². The van der Waals surface area contributed by atoms with Crippen LogP contribution in [0.4, 0.5) is 0 Å². The van der Waals surface area contributed by atoms with Crippen LogP contribution in [0, 0.1) is 11.8 Å². The predicted octanol–water partition coefficient (Wildman–Crippen LogP) is -3.33. The Bertz CT molecular complexity index is 3980. The van der Waals surface area contributed by atoms with Crippen molar-refractivity contribution in [2.24, 2.45) is 40.5 Å². The molecule has 0 fully saturated rings. The lowest BCUT2D eigenvalue weighted by molar-refractivity contribution is -0.137. The molecule has 0 saturated heterocycles. The molecule has 14 atom stereocenters. The van der Waals surface area contributed by atoms with Crippen molar-refractivity contribution < 1.29 is 82.4 Å². The number of carbonyl (C=O) groups excluding carboxylic acids is 14. The third kappa shape index (κ3) is 29.0. The number of phenolic OH excluding ortho intramolecular Hbond substituents is 1. The monoisotopic (exact) mass is 1550 g/mol. The van der Waals surface area contributed by atoms with Gasteiger partial charge < -0.3 is 118 Å². The molecule has 608 valence electrons. The number of aliphatic hydroxyl groups is 2. The Morgan fingerprint density at radius 1 is 0.441 bits per heavy atom. The summed E-state index contributed by atoms with van der Waals surface area (Å²) in [5, 5.41) is 62.8. The van der Waals surface area contributed by atoms with Gasteiger partial charge in [0.05, 0.1) is 25.7 Å². The SMILES string of the molecule is CCC(C)CCC(=O)N[C@H](CC(N)=O)C(=O)N[C@H](Cc1ccc(O)cc1)C(=O)N[C@H](Cc1c[nH]c2ccccc12)C(=O)N[C@H](CCCN)C(=O)N[C@@H](CCCN)C(=O)NCC(=O)N[C@H](CCCN)C(=O)N[C@@H](Cc1c[nH]c2ccccc12)C(=O)N[C@H](C(=O)N[C@H](C(=O)N[C@@H](C)C(=O)N[C@@H](CO)C(N)=O)[C@@H](C)CC)[C@@H](C)O. The summed E-state index contributed by atoms with van der Waals surface area (Å²) >= 11 is 0. The molecule has 36 nitrogen and oxygen atoms in total. The zero-order valence-electron chi connectivity index (χ0n) is 63.5. The largest absolute Gasteiger partial charge is 0.508 e. The van der Waals surface area contributed by atoms with E-state index >= 15 is 0 Å². The molecule has 0 bridgehead atoms. The van der Waals surface area contributed by atoms with Crippen LogP contribution in [0.25, 0.3) is 21.8 Å². The van der Waals surface area contributed by atoms with Crippen LogP contribution in [0.1, 0.15) is 129 Å². The predicted molar refractivity (Wildman–Crippen MR) is 411 cm³/mol. The van der Waals surface area contributed by atoms with E-state index in [4.69, 9.17) is 28.7 Å². The number of carbonyl (C=O) groups is 14. The molecule has 0 aliphatic carbocycles. The lowest BCUT2D eigenvalue weighted by Gasteiger charge is -2.30. The molecular formula is C75H111N19O17. The minimum absolute atomic E-state index is 0.0261. The van der Waals surface area contributed by atoms with E-state index in [0.717, 1.165) is 6.42 Å². The number of rotatable bonds is 49. The molecule has 36 heteroatoms. The first-order valence-corrected chi connectivity index (χ1v) is 37.3. The van der Waals surface area contributed by atoms with Gasteiger partial charge in [0.1, 0.15) is 72.2 Å². The summed E-state index contributed by atoms with van der Waals surface area (Å²) in [7, 11) is 0. The fourth-order valence-electron chi connectivity index (χ4n) is 11.9. The Morgan fingerprint density at radius 2 is 0.865 bits per heavy atom. The van der Waals surface area contributed by atoms with Crippen LogP contribution in [0.2, 0.25) is 0 Å². The maximum absolute atomic E-state index is 15.0. The summed E-state index contributed by atoms with van der Waals surface area (Å²) in [6.45, 7) is 8.21. The summed E-state index contributed by atoms with van der Waals surface area (Å²) in [5.41, 5.74) is 31.4. The van der Waals surface area contributed by atoms with Crippen molar-refractivity contribution in [1.82, 2.24) is 73.8 Å². The molecule has 111 heavy (non-hydrogen) atoms. The van der Waals surface area contributed by atoms with Gasteiger partial charge in [-0.15, -0.1) is 0 Å². The minimum atomic E-state index is -1.78. The topological polar surface area (TPSA) is 606 Å². The second kappa shape index (κ2) is 45.8. The Labute approximate surface area is 643 Å². The summed E-state index contributed by atoms with van der Waals surface area (Å²) in [4.78, 5) is 200. The van der Waals surface area contributed by atoms with Gasteiger partial charge in [0.2, 0.25) is 82.7 Å². The van der Waals surface area contributed by atoms with Crippen molar-refractivity contribution in [2.75, 3.05) is 32.8 Å². The van der Waals surface area contributed by atoms with Crippen molar-refractivity contribution in [3.05, 3.63) is 102 Å². The first-order valence-electron chi connectivity index (χ1n) is 37.3. The number of hydrogen-bond donors (Lipinski definition) is 22. The van der Waals surface area contributed by atoms with Crippen LogP contribution in [-0.2, 0) is 86.4 Å². The molecule has 2 heterocycles. The molecule has 5 aromatic rings. The fourth-order valence-corrected chi connectivity index (χ4v) is 11.9. The smallest absolute Gasteiger partial charge is 0.245 e. The van der Waals surface area contributed by atoms with E-state index in [1.807, 2.05) is 13.8 Å². The number of aliphatic hydroxyl groups excluding tert-OH is 2. The second-order valence-corrected chi connectivity index (χ2v) is 27.8. The normalized spacial score (nSPS) is 15.1. The van der Waals surface area contributed by atoms with Crippen molar-refractivity contribution in [2.45, 2.75) is 204 Å². The highest BCUT2D eigenvalue weighted by Crippen LogP contribution is 2.23. The average molecular weight is 1550 g/mol. The molecule has 1 unspecified atom stereocenters. The number of aromatic nitrogens is 2. The molecule has 0 aliphatic heterocycles. The van der Waals surface area contributed by atoms with Crippen LogP contribution < -0.4 is 92.5 Å². The maximum Gasteiger partial charge on any atom is 0.245 e. The molecule has 0 spiro atoms.